The average Bonchev–Trinajstić information content (AvgIpc) is 2.92. The van der Waals surface area contributed by atoms with Crippen molar-refractivity contribution in [2.45, 2.75) is 32.7 Å². The van der Waals surface area contributed by atoms with Crippen LogP contribution >= 0.6 is 11.6 Å². The molecule has 1 saturated heterocycles. The molecular weight excluding hydrogens is 388 g/mol. The van der Waals surface area contributed by atoms with Crippen LogP contribution in [0.15, 0.2) is 36.7 Å². The van der Waals surface area contributed by atoms with E-state index in [-0.39, 0.29) is 11.8 Å². The van der Waals surface area contributed by atoms with Crippen molar-refractivity contribution in [2.24, 2.45) is 0 Å². The molecule has 0 radical (unpaired) electrons. The first-order valence-corrected chi connectivity index (χ1v) is 10.3. The zero-order valence-corrected chi connectivity index (χ0v) is 17.7. The van der Waals surface area contributed by atoms with Crippen LogP contribution < -0.4 is 9.80 Å². The number of pyridine rings is 1. The summed E-state index contributed by atoms with van der Waals surface area (Å²) in [6.07, 6.45) is 4.08. The summed E-state index contributed by atoms with van der Waals surface area (Å²) in [4.78, 5) is 35.4. The zero-order valence-electron chi connectivity index (χ0n) is 17.0. The van der Waals surface area contributed by atoms with Crippen LogP contribution in [0.2, 0.25) is 5.02 Å². The van der Waals surface area contributed by atoms with Crippen LogP contribution in [0, 0.1) is 0 Å². The predicted molar refractivity (Wildman–Crippen MR) is 115 cm³/mol. The Labute approximate surface area is 176 Å². The molecule has 152 valence electrons. The number of nitrogens with zero attached hydrogens (tertiary/aromatic N) is 4. The number of piperazine rings is 1. The normalized spacial score (nSPS) is 18.2. The standard InChI is InChI=1S/C22H25ClN4O2/c1-4-20(28)26-9-7-25(8-10-26)16-12-17(14-24-13-16)27-21(29)18-6-5-15(23)11-19(18)22(27,2)3/h5-6,11-14H,4,7-10H2,1-3H3. The van der Waals surface area contributed by atoms with Crippen molar-refractivity contribution in [1.82, 2.24) is 9.88 Å². The Balaban J connectivity index is 1.60. The molecule has 2 aliphatic rings. The van der Waals surface area contributed by atoms with Gasteiger partial charge >= 0.3 is 0 Å². The summed E-state index contributed by atoms with van der Waals surface area (Å²) in [7, 11) is 0. The molecular formula is C22H25ClN4O2. The van der Waals surface area contributed by atoms with Gasteiger partial charge in [0.25, 0.3) is 5.91 Å². The van der Waals surface area contributed by atoms with Gasteiger partial charge in [0.1, 0.15) is 0 Å². The van der Waals surface area contributed by atoms with E-state index in [1.807, 2.05) is 44.0 Å². The third kappa shape index (κ3) is 3.35. The molecule has 2 aliphatic heterocycles. The van der Waals surface area contributed by atoms with Crippen molar-refractivity contribution in [3.8, 4) is 0 Å². The first kappa shape index (κ1) is 19.7. The van der Waals surface area contributed by atoms with Crippen molar-refractivity contribution in [1.29, 1.82) is 0 Å². The minimum Gasteiger partial charge on any atom is -0.367 e. The van der Waals surface area contributed by atoms with Crippen LogP contribution in [0.25, 0.3) is 0 Å². The van der Waals surface area contributed by atoms with Gasteiger partial charge in [0.05, 0.1) is 29.3 Å². The number of hydrogen-bond acceptors (Lipinski definition) is 4. The first-order valence-electron chi connectivity index (χ1n) is 9.95. The van der Waals surface area contributed by atoms with E-state index in [4.69, 9.17) is 11.6 Å². The summed E-state index contributed by atoms with van der Waals surface area (Å²) in [5.41, 5.74) is 2.80. The molecule has 2 aromatic rings. The minimum absolute atomic E-state index is 0.0426. The van der Waals surface area contributed by atoms with E-state index in [0.717, 1.165) is 30.0 Å². The van der Waals surface area contributed by atoms with Gasteiger partial charge in [0, 0.05) is 43.2 Å². The molecule has 4 rings (SSSR count). The second-order valence-electron chi connectivity index (χ2n) is 8.01. The average molecular weight is 413 g/mol. The third-order valence-electron chi connectivity index (χ3n) is 5.90. The highest BCUT2D eigenvalue weighted by Crippen LogP contribution is 2.43. The minimum atomic E-state index is -0.524. The molecule has 1 fully saturated rings. The van der Waals surface area contributed by atoms with Gasteiger partial charge in [-0.15, -0.1) is 0 Å². The molecule has 29 heavy (non-hydrogen) atoms. The third-order valence-corrected chi connectivity index (χ3v) is 6.14. The number of hydrogen-bond donors (Lipinski definition) is 0. The largest absolute Gasteiger partial charge is 0.367 e. The fourth-order valence-corrected chi connectivity index (χ4v) is 4.46. The maximum Gasteiger partial charge on any atom is 0.259 e. The predicted octanol–water partition coefficient (Wildman–Crippen LogP) is 3.69. The Kier molecular flexibility index (Phi) is 4.99. The summed E-state index contributed by atoms with van der Waals surface area (Å²) >= 11 is 6.19. The summed E-state index contributed by atoms with van der Waals surface area (Å²) in [6.45, 7) is 8.85. The highest BCUT2D eigenvalue weighted by molar-refractivity contribution is 6.31. The van der Waals surface area contributed by atoms with Crippen LogP contribution in [-0.4, -0.2) is 47.9 Å². The summed E-state index contributed by atoms with van der Waals surface area (Å²) in [5, 5.41) is 0.623. The Morgan fingerprint density at radius 3 is 2.48 bits per heavy atom. The number of anilines is 2. The van der Waals surface area contributed by atoms with Crippen molar-refractivity contribution >= 4 is 34.8 Å². The maximum atomic E-state index is 13.2. The molecule has 0 spiro atoms. The molecule has 2 amide bonds. The number of aromatic nitrogens is 1. The molecule has 7 heteroatoms. The molecule has 0 unspecified atom stereocenters. The molecule has 0 N–H and O–H groups in total. The smallest absolute Gasteiger partial charge is 0.259 e. The second kappa shape index (κ2) is 7.34. The van der Waals surface area contributed by atoms with E-state index < -0.39 is 5.54 Å². The van der Waals surface area contributed by atoms with Gasteiger partial charge < -0.3 is 9.80 Å². The van der Waals surface area contributed by atoms with E-state index in [1.165, 1.54) is 0 Å². The Hall–Kier alpha value is -2.60. The zero-order chi connectivity index (χ0) is 20.8. The maximum absolute atomic E-state index is 13.2. The fourth-order valence-electron chi connectivity index (χ4n) is 4.29. The van der Waals surface area contributed by atoms with Crippen molar-refractivity contribution < 1.29 is 9.59 Å². The van der Waals surface area contributed by atoms with Gasteiger partial charge in [-0.2, -0.15) is 0 Å². The summed E-state index contributed by atoms with van der Waals surface area (Å²) in [6, 6.07) is 7.43. The topological polar surface area (TPSA) is 56.8 Å². The lowest BCUT2D eigenvalue weighted by atomic mass is 9.93. The highest BCUT2D eigenvalue weighted by atomic mass is 35.5. The molecule has 0 bridgehead atoms. The number of amides is 2. The van der Waals surface area contributed by atoms with E-state index in [2.05, 4.69) is 9.88 Å². The number of halogens is 1. The molecule has 6 nitrogen and oxygen atoms in total. The number of benzene rings is 1. The van der Waals surface area contributed by atoms with Gasteiger partial charge in [0.15, 0.2) is 0 Å². The monoisotopic (exact) mass is 412 g/mol. The van der Waals surface area contributed by atoms with Gasteiger partial charge in [-0.25, -0.2) is 0 Å². The number of fused-ring (bicyclic) bond motifs is 1. The summed E-state index contributed by atoms with van der Waals surface area (Å²) < 4.78 is 0. The fraction of sp³-hybridized carbons (Fsp3) is 0.409. The van der Waals surface area contributed by atoms with Crippen molar-refractivity contribution in [3.63, 3.8) is 0 Å². The molecule has 0 saturated carbocycles. The molecule has 0 atom stereocenters. The van der Waals surface area contributed by atoms with Crippen LogP contribution in [0.5, 0.6) is 0 Å². The highest BCUT2D eigenvalue weighted by Gasteiger charge is 2.44. The van der Waals surface area contributed by atoms with Crippen LogP contribution in [0.4, 0.5) is 11.4 Å². The van der Waals surface area contributed by atoms with Crippen molar-refractivity contribution in [3.05, 3.63) is 52.8 Å². The van der Waals surface area contributed by atoms with Crippen LogP contribution in [-0.2, 0) is 10.3 Å². The van der Waals surface area contributed by atoms with Gasteiger partial charge in [-0.1, -0.05) is 18.5 Å². The van der Waals surface area contributed by atoms with Crippen molar-refractivity contribution in [2.75, 3.05) is 36.0 Å². The Morgan fingerprint density at radius 2 is 1.79 bits per heavy atom. The summed E-state index contributed by atoms with van der Waals surface area (Å²) in [5.74, 6) is 0.149. The van der Waals surface area contributed by atoms with E-state index >= 15 is 0 Å². The van der Waals surface area contributed by atoms with Gasteiger partial charge in [-0.05, 0) is 43.7 Å². The SMILES string of the molecule is CCC(=O)N1CCN(c2cncc(N3C(=O)c4ccc(Cl)cc4C3(C)C)c2)CC1. The number of rotatable bonds is 3. The lowest BCUT2D eigenvalue weighted by Gasteiger charge is -2.37. The quantitative estimate of drug-likeness (QED) is 0.771. The van der Waals surface area contributed by atoms with E-state index in [1.54, 1.807) is 23.2 Å². The first-order chi connectivity index (χ1) is 13.8. The molecule has 1 aromatic heterocycles. The van der Waals surface area contributed by atoms with Gasteiger partial charge in [0.2, 0.25) is 5.91 Å². The van der Waals surface area contributed by atoms with Crippen LogP contribution in [0.3, 0.4) is 0 Å². The Morgan fingerprint density at radius 1 is 1.10 bits per heavy atom. The Bertz CT molecular complexity index is 967. The van der Waals surface area contributed by atoms with E-state index in [0.29, 0.717) is 30.1 Å². The molecule has 0 aliphatic carbocycles. The van der Waals surface area contributed by atoms with Gasteiger partial charge in [-0.3, -0.25) is 19.5 Å². The second-order valence-corrected chi connectivity index (χ2v) is 8.45. The number of carbonyl (C=O) groups excluding carboxylic acids is 2. The lowest BCUT2D eigenvalue weighted by Crippen LogP contribution is -2.48. The molecule has 1 aromatic carbocycles. The van der Waals surface area contributed by atoms with E-state index in [9.17, 15) is 9.59 Å². The number of carbonyl (C=O) groups is 2. The van der Waals surface area contributed by atoms with Crippen LogP contribution in [0.1, 0.15) is 43.1 Å². The lowest BCUT2D eigenvalue weighted by molar-refractivity contribution is -0.131. The molecule has 3 heterocycles.